The highest BCUT2D eigenvalue weighted by Gasteiger charge is 2.22. The van der Waals surface area contributed by atoms with E-state index in [1.807, 2.05) is 0 Å². The lowest BCUT2D eigenvalue weighted by Crippen LogP contribution is -2.41. The van der Waals surface area contributed by atoms with Crippen molar-refractivity contribution in [2.24, 2.45) is 0 Å². The first-order chi connectivity index (χ1) is 13.4. The molecule has 1 aromatic carbocycles. The van der Waals surface area contributed by atoms with Gasteiger partial charge in [0, 0.05) is 5.69 Å². The molecule has 7 nitrogen and oxygen atoms in total. The Labute approximate surface area is 160 Å². The van der Waals surface area contributed by atoms with Gasteiger partial charge in [-0.3, -0.25) is 9.59 Å². The number of amides is 1. The molecule has 1 aromatic heterocycles. The van der Waals surface area contributed by atoms with E-state index < -0.39 is 29.4 Å². The van der Waals surface area contributed by atoms with Crippen LogP contribution >= 0.6 is 0 Å². The highest BCUT2D eigenvalue weighted by atomic mass is 19.1. The molecule has 1 aliphatic rings. The third kappa shape index (κ3) is 4.76. The molecule has 148 valence electrons. The predicted octanol–water partition coefficient (Wildman–Crippen LogP) is 2.04. The molecule has 1 aliphatic carbocycles. The standard InChI is InChI=1S/C20H21FN2O5/c21-13-6-8-14(9-7-13)28-17(20(26)27)11-22-18(24)15-10-12-4-2-1-3-5-16(12)23-19(15)25/h6-10,17H,1-5,11H2,(H,22,24)(H,23,25)(H,26,27). The molecular weight excluding hydrogens is 367 g/mol. The van der Waals surface area contributed by atoms with E-state index in [0.29, 0.717) is 0 Å². The van der Waals surface area contributed by atoms with E-state index in [1.54, 1.807) is 6.07 Å². The molecule has 3 rings (SSSR count). The molecule has 1 amide bonds. The number of hydrogen-bond acceptors (Lipinski definition) is 4. The van der Waals surface area contributed by atoms with Gasteiger partial charge in [-0.15, -0.1) is 0 Å². The van der Waals surface area contributed by atoms with Crippen LogP contribution in [0.15, 0.2) is 35.1 Å². The Hall–Kier alpha value is -3.16. The van der Waals surface area contributed by atoms with Crippen LogP contribution in [0.3, 0.4) is 0 Å². The van der Waals surface area contributed by atoms with Crippen LogP contribution < -0.4 is 15.6 Å². The summed E-state index contributed by atoms with van der Waals surface area (Å²) in [7, 11) is 0. The highest BCUT2D eigenvalue weighted by molar-refractivity contribution is 5.94. The maximum Gasteiger partial charge on any atom is 0.346 e. The summed E-state index contributed by atoms with van der Waals surface area (Å²) >= 11 is 0. The number of ether oxygens (including phenoxy) is 1. The molecule has 0 spiro atoms. The van der Waals surface area contributed by atoms with Crippen molar-refractivity contribution < 1.29 is 23.8 Å². The number of hydrogen-bond donors (Lipinski definition) is 3. The third-order valence-corrected chi connectivity index (χ3v) is 4.65. The number of carboxylic acids is 1. The molecule has 0 aliphatic heterocycles. The van der Waals surface area contributed by atoms with Gasteiger partial charge in [0.25, 0.3) is 11.5 Å². The van der Waals surface area contributed by atoms with Crippen molar-refractivity contribution in [2.45, 2.75) is 38.2 Å². The van der Waals surface area contributed by atoms with Gasteiger partial charge < -0.3 is 20.1 Å². The van der Waals surface area contributed by atoms with Crippen molar-refractivity contribution in [2.75, 3.05) is 6.54 Å². The topological polar surface area (TPSA) is 108 Å². The van der Waals surface area contributed by atoms with Gasteiger partial charge in [0.1, 0.15) is 17.1 Å². The van der Waals surface area contributed by atoms with E-state index in [-0.39, 0.29) is 17.9 Å². The summed E-state index contributed by atoms with van der Waals surface area (Å²) in [5.41, 5.74) is 1.26. The Morgan fingerprint density at radius 2 is 1.89 bits per heavy atom. The first-order valence-electron chi connectivity index (χ1n) is 9.12. The van der Waals surface area contributed by atoms with Crippen molar-refractivity contribution in [3.05, 3.63) is 63.3 Å². The summed E-state index contributed by atoms with van der Waals surface area (Å²) in [6.07, 6.45) is 3.24. The van der Waals surface area contributed by atoms with Crippen LogP contribution in [0.5, 0.6) is 5.75 Å². The summed E-state index contributed by atoms with van der Waals surface area (Å²) < 4.78 is 18.2. The van der Waals surface area contributed by atoms with Crippen LogP contribution in [-0.2, 0) is 17.6 Å². The second-order valence-corrected chi connectivity index (χ2v) is 6.69. The number of fused-ring (bicyclic) bond motifs is 1. The molecule has 28 heavy (non-hydrogen) atoms. The monoisotopic (exact) mass is 388 g/mol. The average molecular weight is 388 g/mol. The zero-order chi connectivity index (χ0) is 20.1. The van der Waals surface area contributed by atoms with E-state index >= 15 is 0 Å². The lowest BCUT2D eigenvalue weighted by Gasteiger charge is -2.16. The second-order valence-electron chi connectivity index (χ2n) is 6.69. The number of pyridine rings is 1. The fraction of sp³-hybridized carbons (Fsp3) is 0.350. The van der Waals surface area contributed by atoms with Gasteiger partial charge >= 0.3 is 5.97 Å². The van der Waals surface area contributed by atoms with Gasteiger partial charge in [0.2, 0.25) is 6.10 Å². The predicted molar refractivity (Wildman–Crippen MR) is 99.1 cm³/mol. The van der Waals surface area contributed by atoms with Crippen LogP contribution in [-0.4, -0.2) is 34.6 Å². The molecule has 1 atom stereocenters. The summed E-state index contributed by atoms with van der Waals surface area (Å²) in [6.45, 7) is -0.345. The first-order valence-corrected chi connectivity index (χ1v) is 9.12. The molecule has 0 saturated heterocycles. The number of H-pyrrole nitrogens is 1. The number of carbonyl (C=O) groups excluding carboxylic acids is 1. The lowest BCUT2D eigenvalue weighted by molar-refractivity contribution is -0.144. The van der Waals surface area contributed by atoms with Crippen molar-refractivity contribution in [1.29, 1.82) is 0 Å². The molecule has 2 aromatic rings. The van der Waals surface area contributed by atoms with Crippen molar-refractivity contribution in [1.82, 2.24) is 10.3 Å². The Bertz CT molecular complexity index is 923. The van der Waals surface area contributed by atoms with Gasteiger partial charge in [-0.1, -0.05) is 6.42 Å². The van der Waals surface area contributed by atoms with E-state index in [9.17, 15) is 23.9 Å². The number of carbonyl (C=O) groups is 2. The van der Waals surface area contributed by atoms with Crippen molar-refractivity contribution in [3.63, 3.8) is 0 Å². The van der Waals surface area contributed by atoms with Crippen LogP contribution in [0.1, 0.15) is 40.9 Å². The number of carboxylic acid groups (broad SMARTS) is 1. The number of benzene rings is 1. The van der Waals surface area contributed by atoms with Crippen LogP contribution in [0.4, 0.5) is 4.39 Å². The summed E-state index contributed by atoms with van der Waals surface area (Å²) in [4.78, 5) is 38.9. The zero-order valence-corrected chi connectivity index (χ0v) is 15.2. The van der Waals surface area contributed by atoms with E-state index in [0.717, 1.165) is 55.5 Å². The number of rotatable bonds is 6. The summed E-state index contributed by atoms with van der Waals surface area (Å²) in [5, 5.41) is 11.7. The maximum atomic E-state index is 12.9. The first kappa shape index (κ1) is 19.6. The van der Waals surface area contributed by atoms with E-state index in [4.69, 9.17) is 4.74 Å². The average Bonchev–Trinajstić information content (AvgIpc) is 2.90. The number of halogens is 1. The molecule has 1 heterocycles. The Kier molecular flexibility index (Phi) is 6.08. The normalized spacial score (nSPS) is 14.5. The molecule has 8 heteroatoms. The fourth-order valence-electron chi connectivity index (χ4n) is 3.16. The minimum Gasteiger partial charge on any atom is -0.478 e. The lowest BCUT2D eigenvalue weighted by atomic mass is 10.1. The number of aromatic nitrogens is 1. The van der Waals surface area contributed by atoms with Crippen LogP contribution in [0.2, 0.25) is 0 Å². The number of aromatic amines is 1. The summed E-state index contributed by atoms with van der Waals surface area (Å²) in [6, 6.07) is 6.46. The SMILES string of the molecule is O=C(NCC(Oc1ccc(F)cc1)C(=O)O)c1cc2c([nH]c1=O)CCCCC2. The number of aryl methyl sites for hydroxylation is 2. The number of nitrogens with one attached hydrogen (secondary N) is 2. The van der Waals surface area contributed by atoms with Crippen molar-refractivity contribution >= 4 is 11.9 Å². The second kappa shape index (κ2) is 8.69. The molecule has 0 radical (unpaired) electrons. The van der Waals surface area contributed by atoms with E-state index in [2.05, 4.69) is 10.3 Å². The summed E-state index contributed by atoms with van der Waals surface area (Å²) in [5.74, 6) is -2.27. The Balaban J connectivity index is 1.69. The minimum atomic E-state index is -1.38. The third-order valence-electron chi connectivity index (χ3n) is 4.65. The Morgan fingerprint density at radius 3 is 2.61 bits per heavy atom. The molecule has 0 saturated carbocycles. The Morgan fingerprint density at radius 1 is 1.18 bits per heavy atom. The minimum absolute atomic E-state index is 0.0495. The fourth-order valence-corrected chi connectivity index (χ4v) is 3.16. The highest BCUT2D eigenvalue weighted by Crippen LogP contribution is 2.18. The van der Waals surface area contributed by atoms with E-state index in [1.165, 1.54) is 12.1 Å². The van der Waals surface area contributed by atoms with Gasteiger partial charge in [-0.2, -0.15) is 0 Å². The molecule has 3 N–H and O–H groups in total. The molecule has 0 bridgehead atoms. The maximum absolute atomic E-state index is 12.9. The quantitative estimate of drug-likeness (QED) is 0.657. The van der Waals surface area contributed by atoms with Gasteiger partial charge in [-0.05, 0) is 61.6 Å². The van der Waals surface area contributed by atoms with Crippen LogP contribution in [0, 0.1) is 5.82 Å². The molecule has 1 unspecified atom stereocenters. The smallest absolute Gasteiger partial charge is 0.346 e. The molecular formula is C20H21FN2O5. The number of aliphatic carboxylic acids is 1. The van der Waals surface area contributed by atoms with Gasteiger partial charge in [-0.25, -0.2) is 9.18 Å². The van der Waals surface area contributed by atoms with Gasteiger partial charge in [0.05, 0.1) is 6.54 Å². The van der Waals surface area contributed by atoms with Crippen molar-refractivity contribution in [3.8, 4) is 5.75 Å². The zero-order valence-electron chi connectivity index (χ0n) is 15.2. The largest absolute Gasteiger partial charge is 0.478 e. The van der Waals surface area contributed by atoms with Crippen LogP contribution in [0.25, 0.3) is 0 Å². The molecule has 0 fully saturated rings. The van der Waals surface area contributed by atoms with Gasteiger partial charge in [0.15, 0.2) is 0 Å².